The highest BCUT2D eigenvalue weighted by Crippen LogP contribution is 2.32. The largest absolute Gasteiger partial charge is 0.433 e. The fourth-order valence-corrected chi connectivity index (χ4v) is 2.15. The third kappa shape index (κ3) is 4.67. The Morgan fingerprint density at radius 3 is 2.10 bits per heavy atom. The van der Waals surface area contributed by atoms with Gasteiger partial charge in [-0.25, -0.2) is 13.4 Å². The molecular weight excluding hydrogens is 305 g/mol. The molecule has 21 heavy (non-hydrogen) atoms. The van der Waals surface area contributed by atoms with Gasteiger partial charge in [0.2, 0.25) is 10.0 Å². The molecule has 0 aliphatic rings. The Morgan fingerprint density at radius 1 is 1.19 bits per heavy atom. The van der Waals surface area contributed by atoms with Gasteiger partial charge in [0.15, 0.2) is 0 Å². The van der Waals surface area contributed by atoms with E-state index < -0.39 is 27.3 Å². The molecule has 0 spiro atoms. The predicted molar refractivity (Wildman–Crippen MR) is 74.2 cm³/mol. The molecule has 1 aromatic rings. The van der Waals surface area contributed by atoms with E-state index in [9.17, 15) is 21.6 Å². The third-order valence-electron chi connectivity index (χ3n) is 3.01. The van der Waals surface area contributed by atoms with Crippen molar-refractivity contribution in [2.75, 3.05) is 13.3 Å². The van der Waals surface area contributed by atoms with Crippen LogP contribution in [0.25, 0.3) is 0 Å². The maximum absolute atomic E-state index is 12.8. The first-order valence-corrected chi connectivity index (χ1v) is 8.06. The molecule has 0 bridgehead atoms. The van der Waals surface area contributed by atoms with Crippen LogP contribution in [0.2, 0.25) is 0 Å². The van der Waals surface area contributed by atoms with Gasteiger partial charge in [-0.3, -0.25) is 0 Å². The van der Waals surface area contributed by atoms with Gasteiger partial charge in [0.05, 0.1) is 18.5 Å². The standard InChI is InChI=1S/C13H19F3N2O2S/c1-12(2,3)9-6-7-11(13(14,15)16)17-10(9)8-18(4)21(5,19)20/h6-7H,8H2,1-5H3. The van der Waals surface area contributed by atoms with E-state index >= 15 is 0 Å². The second-order valence-electron chi connectivity index (χ2n) is 5.96. The van der Waals surface area contributed by atoms with Crippen LogP contribution in [-0.2, 0) is 28.2 Å². The predicted octanol–water partition coefficient (Wildman–Crippen LogP) is 2.79. The number of pyridine rings is 1. The number of sulfonamides is 1. The van der Waals surface area contributed by atoms with E-state index in [0.717, 1.165) is 16.6 Å². The number of nitrogens with zero attached hydrogens (tertiary/aromatic N) is 2. The molecule has 0 unspecified atom stereocenters. The lowest BCUT2D eigenvalue weighted by Gasteiger charge is -2.25. The van der Waals surface area contributed by atoms with Crippen LogP contribution in [0.4, 0.5) is 13.2 Å². The summed E-state index contributed by atoms with van der Waals surface area (Å²) < 4.78 is 62.2. The minimum absolute atomic E-state index is 0.116. The second-order valence-corrected chi connectivity index (χ2v) is 8.05. The van der Waals surface area contributed by atoms with Crippen molar-refractivity contribution in [1.29, 1.82) is 0 Å². The first-order valence-electron chi connectivity index (χ1n) is 6.22. The SMILES string of the molecule is CN(Cc1nc(C(F)(F)F)ccc1C(C)(C)C)S(C)(=O)=O. The fourth-order valence-electron chi connectivity index (χ4n) is 1.79. The average Bonchev–Trinajstić information content (AvgIpc) is 2.24. The number of alkyl halides is 3. The molecule has 0 saturated heterocycles. The maximum atomic E-state index is 12.8. The molecule has 0 fully saturated rings. The first kappa shape index (κ1) is 17.9. The lowest BCUT2D eigenvalue weighted by Crippen LogP contribution is -2.28. The van der Waals surface area contributed by atoms with Crippen LogP contribution >= 0.6 is 0 Å². The fraction of sp³-hybridized carbons (Fsp3) is 0.615. The summed E-state index contributed by atoms with van der Waals surface area (Å²) in [4.78, 5) is 3.63. The molecule has 0 atom stereocenters. The van der Waals surface area contributed by atoms with E-state index in [2.05, 4.69) is 4.98 Å². The summed E-state index contributed by atoms with van der Waals surface area (Å²) in [6.45, 7) is 5.30. The summed E-state index contributed by atoms with van der Waals surface area (Å²) in [5, 5.41) is 0. The van der Waals surface area contributed by atoms with Gasteiger partial charge in [0.25, 0.3) is 0 Å². The van der Waals surface area contributed by atoms with Gasteiger partial charge in [0.1, 0.15) is 5.69 Å². The van der Waals surface area contributed by atoms with Gasteiger partial charge in [-0.1, -0.05) is 26.8 Å². The highest BCUT2D eigenvalue weighted by Gasteiger charge is 2.34. The summed E-state index contributed by atoms with van der Waals surface area (Å²) in [5.41, 5.74) is -0.756. The van der Waals surface area contributed by atoms with Gasteiger partial charge in [0, 0.05) is 7.05 Å². The highest BCUT2D eigenvalue weighted by atomic mass is 32.2. The minimum Gasteiger partial charge on any atom is -0.247 e. The first-order chi connectivity index (χ1) is 9.23. The zero-order valence-electron chi connectivity index (χ0n) is 12.6. The molecule has 120 valence electrons. The van der Waals surface area contributed by atoms with E-state index in [0.29, 0.717) is 5.56 Å². The molecule has 0 radical (unpaired) electrons. The van der Waals surface area contributed by atoms with Crippen molar-refractivity contribution in [2.24, 2.45) is 0 Å². The summed E-state index contributed by atoms with van der Waals surface area (Å²) >= 11 is 0. The van der Waals surface area contributed by atoms with E-state index in [-0.39, 0.29) is 12.2 Å². The van der Waals surface area contributed by atoms with Crippen LogP contribution < -0.4 is 0 Å². The lowest BCUT2D eigenvalue weighted by atomic mass is 9.85. The molecular formula is C13H19F3N2O2S. The molecule has 0 amide bonds. The van der Waals surface area contributed by atoms with Crippen molar-refractivity contribution < 1.29 is 21.6 Å². The summed E-state index contributed by atoms with van der Waals surface area (Å²) in [5.74, 6) is 0. The number of halogens is 3. The summed E-state index contributed by atoms with van der Waals surface area (Å²) in [6.07, 6.45) is -3.56. The molecule has 0 saturated carbocycles. The monoisotopic (exact) mass is 324 g/mol. The highest BCUT2D eigenvalue weighted by molar-refractivity contribution is 7.88. The zero-order valence-corrected chi connectivity index (χ0v) is 13.4. The Balaban J connectivity index is 3.37. The number of hydrogen-bond acceptors (Lipinski definition) is 3. The van der Waals surface area contributed by atoms with Crippen molar-refractivity contribution in [3.05, 3.63) is 29.1 Å². The van der Waals surface area contributed by atoms with Crippen LogP contribution in [0.5, 0.6) is 0 Å². The van der Waals surface area contributed by atoms with E-state index in [1.807, 2.05) is 20.8 Å². The molecule has 8 heteroatoms. The maximum Gasteiger partial charge on any atom is 0.433 e. The lowest BCUT2D eigenvalue weighted by molar-refractivity contribution is -0.141. The smallest absolute Gasteiger partial charge is 0.247 e. The molecule has 1 aromatic heterocycles. The quantitative estimate of drug-likeness (QED) is 0.859. The Morgan fingerprint density at radius 2 is 1.71 bits per heavy atom. The average molecular weight is 324 g/mol. The Bertz CT molecular complexity index is 619. The Hall–Kier alpha value is -1.15. The number of aromatic nitrogens is 1. The van der Waals surface area contributed by atoms with Gasteiger partial charge in [-0.05, 0) is 17.0 Å². The topological polar surface area (TPSA) is 50.3 Å². The zero-order chi connectivity index (χ0) is 16.6. The van der Waals surface area contributed by atoms with Crippen molar-refractivity contribution >= 4 is 10.0 Å². The van der Waals surface area contributed by atoms with Crippen molar-refractivity contribution in [2.45, 2.75) is 38.9 Å². The molecule has 4 nitrogen and oxygen atoms in total. The minimum atomic E-state index is -4.56. The van der Waals surface area contributed by atoms with Crippen molar-refractivity contribution in [3.63, 3.8) is 0 Å². The molecule has 1 heterocycles. The third-order valence-corrected chi connectivity index (χ3v) is 4.27. The van der Waals surface area contributed by atoms with Crippen LogP contribution in [0.1, 0.15) is 37.7 Å². The molecule has 0 N–H and O–H groups in total. The van der Waals surface area contributed by atoms with E-state index in [4.69, 9.17) is 0 Å². The molecule has 1 rings (SSSR count). The van der Waals surface area contributed by atoms with E-state index in [1.54, 1.807) is 0 Å². The normalized spacial score (nSPS) is 13.8. The second kappa shape index (κ2) is 5.57. The summed E-state index contributed by atoms with van der Waals surface area (Å²) in [7, 11) is -2.19. The van der Waals surface area contributed by atoms with Gasteiger partial charge in [-0.2, -0.15) is 17.5 Å². The van der Waals surface area contributed by atoms with Crippen molar-refractivity contribution in [1.82, 2.24) is 9.29 Å². The molecule has 0 aromatic carbocycles. The van der Waals surface area contributed by atoms with Gasteiger partial charge < -0.3 is 0 Å². The Kier molecular flexibility index (Phi) is 4.74. The van der Waals surface area contributed by atoms with Crippen LogP contribution in [0, 0.1) is 0 Å². The Labute approximate surface area is 123 Å². The summed E-state index contributed by atoms with van der Waals surface area (Å²) in [6, 6.07) is 2.28. The van der Waals surface area contributed by atoms with Crippen LogP contribution in [0.3, 0.4) is 0 Å². The molecule has 0 aliphatic carbocycles. The van der Waals surface area contributed by atoms with E-state index in [1.165, 1.54) is 13.1 Å². The van der Waals surface area contributed by atoms with Crippen LogP contribution in [-0.4, -0.2) is 31.0 Å². The van der Waals surface area contributed by atoms with Crippen LogP contribution in [0.15, 0.2) is 12.1 Å². The number of hydrogen-bond donors (Lipinski definition) is 0. The van der Waals surface area contributed by atoms with Gasteiger partial charge >= 0.3 is 6.18 Å². The van der Waals surface area contributed by atoms with Gasteiger partial charge in [-0.15, -0.1) is 0 Å². The number of rotatable bonds is 3. The van der Waals surface area contributed by atoms with Crippen molar-refractivity contribution in [3.8, 4) is 0 Å². The molecule has 0 aliphatic heterocycles.